The zero-order valence-corrected chi connectivity index (χ0v) is 12.8. The van der Waals surface area contributed by atoms with Crippen molar-refractivity contribution in [3.05, 3.63) is 0 Å². The number of piperidine rings is 1. The summed E-state index contributed by atoms with van der Waals surface area (Å²) in [4.78, 5) is 0. The number of aliphatic hydroxyl groups is 1. The summed E-state index contributed by atoms with van der Waals surface area (Å²) in [6.45, 7) is 2.08. The largest absolute Gasteiger partial charge is 0.390 e. The molecule has 0 aromatic rings. The molecule has 6 heteroatoms. The Bertz CT molecular complexity index is 446. The summed E-state index contributed by atoms with van der Waals surface area (Å²) >= 11 is 0. The molecule has 2 saturated heterocycles. The van der Waals surface area contributed by atoms with Crippen LogP contribution < -0.4 is 0 Å². The summed E-state index contributed by atoms with van der Waals surface area (Å²) < 4.78 is 32.3. The first-order valence-electron chi connectivity index (χ1n) is 7.81. The molecule has 0 bridgehead atoms. The van der Waals surface area contributed by atoms with Gasteiger partial charge < -0.3 is 9.84 Å². The lowest BCUT2D eigenvalue weighted by atomic mass is 9.72. The number of hydrogen-bond acceptors (Lipinski definition) is 4. The van der Waals surface area contributed by atoms with Gasteiger partial charge in [-0.25, -0.2) is 12.7 Å². The maximum atomic E-state index is 12.7. The number of ether oxygens (including phenoxy) is 1. The van der Waals surface area contributed by atoms with Crippen molar-refractivity contribution >= 4 is 10.0 Å². The van der Waals surface area contributed by atoms with E-state index in [1.54, 1.807) is 4.31 Å². The van der Waals surface area contributed by atoms with E-state index in [0.29, 0.717) is 45.6 Å². The zero-order valence-electron chi connectivity index (χ0n) is 12.0. The standard InChI is InChI=1S/C14H25NO4S/c16-14-6-2-1-3-12(14)11-15(8-7-14)20(17,18)13-4-9-19-10-5-13/h12-13,16H,1-11H2. The summed E-state index contributed by atoms with van der Waals surface area (Å²) in [6, 6.07) is 0. The van der Waals surface area contributed by atoms with E-state index in [-0.39, 0.29) is 11.2 Å². The average Bonchev–Trinajstić information content (AvgIpc) is 2.47. The van der Waals surface area contributed by atoms with Crippen molar-refractivity contribution in [1.29, 1.82) is 0 Å². The molecule has 1 N–H and O–H groups in total. The van der Waals surface area contributed by atoms with E-state index in [1.807, 2.05) is 0 Å². The molecule has 116 valence electrons. The van der Waals surface area contributed by atoms with Crippen LogP contribution in [0.15, 0.2) is 0 Å². The van der Waals surface area contributed by atoms with E-state index in [4.69, 9.17) is 4.74 Å². The smallest absolute Gasteiger partial charge is 0.217 e. The molecule has 2 aliphatic heterocycles. The average molecular weight is 303 g/mol. The molecule has 3 aliphatic rings. The van der Waals surface area contributed by atoms with Gasteiger partial charge in [0, 0.05) is 32.2 Å². The maximum Gasteiger partial charge on any atom is 0.217 e. The van der Waals surface area contributed by atoms with Gasteiger partial charge >= 0.3 is 0 Å². The van der Waals surface area contributed by atoms with Crippen LogP contribution in [0, 0.1) is 5.92 Å². The Morgan fingerprint density at radius 2 is 1.85 bits per heavy atom. The summed E-state index contributed by atoms with van der Waals surface area (Å²) in [7, 11) is -3.22. The molecule has 20 heavy (non-hydrogen) atoms. The first kappa shape index (κ1) is 14.8. The highest BCUT2D eigenvalue weighted by atomic mass is 32.2. The first-order valence-corrected chi connectivity index (χ1v) is 9.32. The van der Waals surface area contributed by atoms with Crippen LogP contribution in [0.3, 0.4) is 0 Å². The lowest BCUT2D eigenvalue weighted by Gasteiger charge is -2.47. The summed E-state index contributed by atoms with van der Waals surface area (Å²) in [6.07, 6.45) is 5.78. The van der Waals surface area contributed by atoms with Gasteiger partial charge in [-0.1, -0.05) is 12.8 Å². The molecule has 2 heterocycles. The fourth-order valence-electron chi connectivity index (χ4n) is 3.96. The molecule has 0 aromatic heterocycles. The Morgan fingerprint density at radius 1 is 1.10 bits per heavy atom. The number of rotatable bonds is 2. The van der Waals surface area contributed by atoms with Gasteiger partial charge in [0.05, 0.1) is 10.9 Å². The Hall–Kier alpha value is -0.170. The van der Waals surface area contributed by atoms with Crippen molar-refractivity contribution in [2.24, 2.45) is 5.92 Å². The number of hydrogen-bond donors (Lipinski definition) is 1. The second-order valence-corrected chi connectivity index (χ2v) is 8.72. The third-order valence-corrected chi connectivity index (χ3v) is 7.71. The minimum atomic E-state index is -3.22. The molecule has 2 unspecified atom stereocenters. The van der Waals surface area contributed by atoms with Gasteiger partial charge in [-0.3, -0.25) is 0 Å². The topological polar surface area (TPSA) is 66.8 Å². The second-order valence-electron chi connectivity index (χ2n) is 6.51. The van der Waals surface area contributed by atoms with Gasteiger partial charge in [-0.2, -0.15) is 0 Å². The van der Waals surface area contributed by atoms with Gasteiger partial charge in [0.2, 0.25) is 10.0 Å². The van der Waals surface area contributed by atoms with Crippen LogP contribution in [0.2, 0.25) is 0 Å². The van der Waals surface area contributed by atoms with Crippen molar-refractivity contribution < 1.29 is 18.3 Å². The second kappa shape index (κ2) is 5.55. The molecule has 0 spiro atoms. The van der Waals surface area contributed by atoms with E-state index in [2.05, 4.69) is 0 Å². The van der Waals surface area contributed by atoms with Crippen molar-refractivity contribution in [2.75, 3.05) is 26.3 Å². The summed E-state index contributed by atoms with van der Waals surface area (Å²) in [5.41, 5.74) is -0.611. The molecule has 3 fully saturated rings. The van der Waals surface area contributed by atoms with Crippen LogP contribution in [0.5, 0.6) is 0 Å². The first-order chi connectivity index (χ1) is 9.52. The highest BCUT2D eigenvalue weighted by molar-refractivity contribution is 7.89. The Labute approximate surface area is 121 Å². The maximum absolute atomic E-state index is 12.7. The summed E-state index contributed by atoms with van der Waals surface area (Å²) in [5, 5.41) is 10.4. The van der Waals surface area contributed by atoms with Crippen LogP contribution in [0.4, 0.5) is 0 Å². The van der Waals surface area contributed by atoms with Crippen molar-refractivity contribution in [2.45, 2.75) is 55.8 Å². The summed E-state index contributed by atoms with van der Waals surface area (Å²) in [5.74, 6) is 0.125. The van der Waals surface area contributed by atoms with Crippen LogP contribution in [-0.2, 0) is 14.8 Å². The lowest BCUT2D eigenvalue weighted by Crippen LogP contribution is -2.56. The molecule has 0 aromatic carbocycles. The normalized spacial score (nSPS) is 37.5. The third-order valence-electron chi connectivity index (χ3n) is 5.34. The predicted molar refractivity (Wildman–Crippen MR) is 75.9 cm³/mol. The molecule has 0 amide bonds. The molecule has 1 saturated carbocycles. The van der Waals surface area contributed by atoms with E-state index < -0.39 is 15.6 Å². The third kappa shape index (κ3) is 2.63. The fraction of sp³-hybridized carbons (Fsp3) is 1.00. The number of sulfonamides is 1. The van der Waals surface area contributed by atoms with E-state index >= 15 is 0 Å². The van der Waals surface area contributed by atoms with Crippen molar-refractivity contribution in [3.63, 3.8) is 0 Å². The van der Waals surface area contributed by atoms with Crippen LogP contribution in [0.1, 0.15) is 44.9 Å². The Kier molecular flexibility index (Phi) is 4.10. The fourth-order valence-corrected chi connectivity index (χ4v) is 5.90. The van der Waals surface area contributed by atoms with Crippen molar-refractivity contribution in [1.82, 2.24) is 4.31 Å². The zero-order chi connectivity index (χ0) is 14.2. The molecule has 5 nitrogen and oxygen atoms in total. The van der Waals surface area contributed by atoms with Crippen LogP contribution in [0.25, 0.3) is 0 Å². The van der Waals surface area contributed by atoms with Crippen LogP contribution in [-0.4, -0.2) is 55.0 Å². The Balaban J connectivity index is 1.71. The van der Waals surface area contributed by atoms with Gasteiger partial charge in [0.15, 0.2) is 0 Å². The molecule has 3 rings (SSSR count). The minimum absolute atomic E-state index is 0.125. The van der Waals surface area contributed by atoms with E-state index in [1.165, 1.54) is 0 Å². The van der Waals surface area contributed by atoms with E-state index in [0.717, 1.165) is 25.7 Å². The highest BCUT2D eigenvalue weighted by Crippen LogP contribution is 2.41. The van der Waals surface area contributed by atoms with Gasteiger partial charge in [0.1, 0.15) is 0 Å². The van der Waals surface area contributed by atoms with Crippen molar-refractivity contribution in [3.8, 4) is 0 Å². The quantitative estimate of drug-likeness (QED) is 0.830. The minimum Gasteiger partial charge on any atom is -0.390 e. The van der Waals surface area contributed by atoms with Gasteiger partial charge in [-0.15, -0.1) is 0 Å². The number of fused-ring (bicyclic) bond motifs is 1. The molecule has 1 aliphatic carbocycles. The number of nitrogens with zero attached hydrogens (tertiary/aromatic N) is 1. The van der Waals surface area contributed by atoms with Crippen LogP contribution >= 0.6 is 0 Å². The Morgan fingerprint density at radius 3 is 2.60 bits per heavy atom. The van der Waals surface area contributed by atoms with Gasteiger partial charge in [-0.05, 0) is 32.1 Å². The molecular weight excluding hydrogens is 278 g/mol. The molecule has 2 atom stereocenters. The molecule has 0 radical (unpaired) electrons. The molecular formula is C14H25NO4S. The van der Waals surface area contributed by atoms with E-state index in [9.17, 15) is 13.5 Å². The predicted octanol–water partition coefficient (Wildman–Crippen LogP) is 1.12. The highest BCUT2D eigenvalue weighted by Gasteiger charge is 2.46. The van der Waals surface area contributed by atoms with Gasteiger partial charge in [0.25, 0.3) is 0 Å². The monoisotopic (exact) mass is 303 g/mol. The lowest BCUT2D eigenvalue weighted by molar-refractivity contribution is -0.0819. The SMILES string of the molecule is O=S(=O)(C1CCOCC1)N1CCC2(O)CCCCC2C1.